The van der Waals surface area contributed by atoms with E-state index in [9.17, 15) is 38.7 Å². The Balaban J connectivity index is 1.68. The highest BCUT2D eigenvalue weighted by Gasteiger charge is 2.47. The van der Waals surface area contributed by atoms with E-state index in [1.54, 1.807) is 62.1 Å². The molecule has 27 nitrogen and oxygen atoms in total. The van der Waals surface area contributed by atoms with Crippen molar-refractivity contribution in [2.24, 2.45) is 29.6 Å². The van der Waals surface area contributed by atoms with Crippen LogP contribution in [0.25, 0.3) is 0 Å². The van der Waals surface area contributed by atoms with Crippen molar-refractivity contribution >= 4 is 76.8 Å². The summed E-state index contributed by atoms with van der Waals surface area (Å²) < 4.78 is 0. The van der Waals surface area contributed by atoms with Gasteiger partial charge in [-0.2, -0.15) is 0 Å². The number of likely N-dealkylation sites (tertiary alicyclic amines) is 1. The first-order valence-corrected chi connectivity index (χ1v) is 37.3. The number of nitrogens with one attached hydrogen (secondary N) is 5. The van der Waals surface area contributed by atoms with E-state index in [4.69, 9.17) is 0 Å². The van der Waals surface area contributed by atoms with Gasteiger partial charge in [0.25, 0.3) is 0 Å². The van der Waals surface area contributed by atoms with Crippen LogP contribution in [0.2, 0.25) is 0 Å². The molecular formula is C77H121N13O14. The molecule has 27 heteroatoms. The molecule has 3 heterocycles. The summed E-state index contributed by atoms with van der Waals surface area (Å²) in [4.78, 5) is 205. The topological polar surface area (TPSA) is 328 Å². The highest BCUT2D eigenvalue weighted by molar-refractivity contribution is 6.01. The van der Waals surface area contributed by atoms with Gasteiger partial charge < -0.3 is 70.9 Å². The molecular weight excluding hydrogens is 1330 g/mol. The van der Waals surface area contributed by atoms with E-state index in [0.717, 1.165) is 11.3 Å². The predicted molar refractivity (Wildman–Crippen MR) is 395 cm³/mol. The van der Waals surface area contributed by atoms with E-state index in [1.807, 2.05) is 72.7 Å². The van der Waals surface area contributed by atoms with Gasteiger partial charge in [0.05, 0.1) is 12.5 Å². The molecule has 0 saturated carbocycles. The standard InChI is InChI=1S/C77H121N13O14/c1-20-49(10)63-77(104)90-38-30-35-57(90)73(100)88(19)65(48(8)9)69(96)80-56(72(99)89-36-28-23-29-37-89)44-62(92)78-50(11)66(93)82-64(52(13)91)76(103)83(14)51(12)70(97)84(15)58(40-46(4)5)67(94)79-55(39-45(2)3)71(98)86(17)60(41-47(6)7)74(101)87(18)61(43-54-33-26-22-27-34-54)75(102)85(16)59(68(95)81-63)42-53-31-24-21-25-32-53/h21-22,24-27,31-34,45-52,55-61,63-65,91H,20,23,28-30,35-44H2,1-19H3,(H,78,92)(H,79,94)(H,80,96)(H,81,95)(H,82,93)/t49-,50-,51-,52+,55-,56-,57-,58-,59-,60-,61-,63-,64-,65-/m0/s1. The zero-order chi connectivity index (χ0) is 77.9. The van der Waals surface area contributed by atoms with Crippen molar-refractivity contribution in [2.45, 2.75) is 246 Å². The van der Waals surface area contributed by atoms with E-state index in [2.05, 4.69) is 26.6 Å². The minimum absolute atomic E-state index is 0.0341. The van der Waals surface area contributed by atoms with Crippen LogP contribution >= 0.6 is 0 Å². The lowest BCUT2D eigenvalue weighted by molar-refractivity contribution is -0.153. The second kappa shape index (κ2) is 39.6. The van der Waals surface area contributed by atoms with Gasteiger partial charge in [-0.3, -0.25) is 62.3 Å². The molecule has 0 aromatic heterocycles. The Labute approximate surface area is 616 Å². The maximum atomic E-state index is 15.8. The van der Waals surface area contributed by atoms with Crippen LogP contribution in [0.15, 0.2) is 60.7 Å². The second-order valence-electron chi connectivity index (χ2n) is 30.7. The number of benzene rings is 2. The Hall–Kier alpha value is -8.49. The fourth-order valence-electron chi connectivity index (χ4n) is 14.1. The van der Waals surface area contributed by atoms with Crippen molar-refractivity contribution in [1.29, 1.82) is 0 Å². The van der Waals surface area contributed by atoms with Crippen LogP contribution in [0.4, 0.5) is 0 Å². The summed E-state index contributed by atoms with van der Waals surface area (Å²) in [5, 5.41) is 24.9. The normalized spacial score (nSPS) is 27.1. The molecule has 2 aromatic rings. The first-order chi connectivity index (χ1) is 48.8. The van der Waals surface area contributed by atoms with Gasteiger partial charge in [-0.25, -0.2) is 0 Å². The highest BCUT2D eigenvalue weighted by Crippen LogP contribution is 2.28. The van der Waals surface area contributed by atoms with Gasteiger partial charge in [-0.05, 0) is 113 Å². The third kappa shape index (κ3) is 22.8. The van der Waals surface area contributed by atoms with Crippen molar-refractivity contribution in [2.75, 3.05) is 61.9 Å². The lowest BCUT2D eigenvalue weighted by Gasteiger charge is -2.39. The van der Waals surface area contributed by atoms with E-state index in [1.165, 1.54) is 92.5 Å². The summed E-state index contributed by atoms with van der Waals surface area (Å²) in [5.74, 6) is -10.9. The van der Waals surface area contributed by atoms with Gasteiger partial charge in [0, 0.05) is 74.8 Å². The SMILES string of the molecule is CC[C@H](C)[C@@H]1NC(=O)[C@H](Cc2ccccc2)N(C)C(=O)[C@H](Cc2ccccc2)N(C)C(=O)[C@H](CC(C)C)N(C)C(=O)[C@H](CC(C)C)NC(=O)[C@H](CC(C)C)N(C)C(=O)[C@H](C)N(C)C(=O)[C@H]([C@@H](C)O)NC(=O)[C@H](C)NC(=O)C[C@@H](C(=O)N2CCCCC2)NC(=O)[C@H](C(C)C)N(C)C(=O)[C@@H]2CCCN2C1=O. The number of aliphatic hydroxyl groups excluding tert-OH is 1. The Morgan fingerprint density at radius 3 is 1.49 bits per heavy atom. The summed E-state index contributed by atoms with van der Waals surface area (Å²) in [7, 11) is 8.54. The Morgan fingerprint density at radius 1 is 0.471 bits per heavy atom. The number of carbonyl (C=O) groups is 13. The number of nitrogens with zero attached hydrogens (tertiary/aromatic N) is 8. The van der Waals surface area contributed by atoms with Crippen LogP contribution in [0.3, 0.4) is 0 Å². The molecule has 14 atom stereocenters. The van der Waals surface area contributed by atoms with Crippen LogP contribution in [0, 0.1) is 29.6 Å². The fraction of sp³-hybridized carbons (Fsp3) is 0.675. The third-order valence-corrected chi connectivity index (χ3v) is 20.7. The quantitative estimate of drug-likeness (QED) is 0.149. The molecule has 3 fully saturated rings. The fourth-order valence-corrected chi connectivity index (χ4v) is 14.1. The summed E-state index contributed by atoms with van der Waals surface area (Å²) in [6.45, 7) is 23.0. The Morgan fingerprint density at radius 2 is 0.962 bits per heavy atom. The molecule has 0 unspecified atom stereocenters. The van der Waals surface area contributed by atoms with E-state index >= 15 is 28.8 Å². The van der Waals surface area contributed by atoms with Gasteiger partial charge in [0.2, 0.25) is 76.8 Å². The number of likely N-dealkylation sites (N-methyl/N-ethyl adjacent to an activating group) is 6. The first-order valence-electron chi connectivity index (χ1n) is 37.3. The smallest absolute Gasteiger partial charge is 0.248 e. The zero-order valence-corrected chi connectivity index (χ0v) is 65.1. The molecule has 578 valence electrons. The minimum Gasteiger partial charge on any atom is -0.391 e. The molecule has 13 amide bonds. The summed E-state index contributed by atoms with van der Waals surface area (Å²) in [6.07, 6.45) is 1.17. The molecule has 0 aliphatic carbocycles. The maximum absolute atomic E-state index is 15.8. The summed E-state index contributed by atoms with van der Waals surface area (Å²) in [6, 6.07) is 2.21. The molecule has 3 saturated heterocycles. The van der Waals surface area contributed by atoms with E-state index < -0.39 is 174 Å². The van der Waals surface area contributed by atoms with Gasteiger partial charge in [-0.1, -0.05) is 136 Å². The summed E-state index contributed by atoms with van der Waals surface area (Å²) in [5.41, 5.74) is 1.34. The van der Waals surface area contributed by atoms with Gasteiger partial charge in [-0.15, -0.1) is 0 Å². The van der Waals surface area contributed by atoms with Crippen LogP contribution in [-0.4, -0.2) is 262 Å². The predicted octanol–water partition coefficient (Wildman–Crippen LogP) is 3.53. The minimum atomic E-state index is -1.68. The van der Waals surface area contributed by atoms with Gasteiger partial charge in [0.1, 0.15) is 72.5 Å². The molecule has 0 spiro atoms. The van der Waals surface area contributed by atoms with Crippen LogP contribution in [-0.2, 0) is 75.2 Å². The highest BCUT2D eigenvalue weighted by atomic mass is 16.3. The number of hydrogen-bond donors (Lipinski definition) is 6. The number of fused-ring (bicyclic) bond motifs is 1. The van der Waals surface area contributed by atoms with Crippen LogP contribution in [0.5, 0.6) is 0 Å². The number of piperidine rings is 1. The van der Waals surface area contributed by atoms with Crippen molar-refractivity contribution in [3.63, 3.8) is 0 Å². The van der Waals surface area contributed by atoms with Gasteiger partial charge in [0.15, 0.2) is 0 Å². The average molecular weight is 1450 g/mol. The number of amides is 13. The van der Waals surface area contributed by atoms with Crippen molar-refractivity contribution < 1.29 is 67.4 Å². The molecule has 6 N–H and O–H groups in total. The number of carbonyl (C=O) groups excluding carboxylic acids is 13. The molecule has 104 heavy (non-hydrogen) atoms. The number of hydrogen-bond acceptors (Lipinski definition) is 14. The lowest BCUT2D eigenvalue weighted by atomic mass is 9.95. The first kappa shape index (κ1) is 86.2. The molecule has 5 rings (SSSR count). The number of rotatable bonds is 15. The Bertz CT molecular complexity index is 3290. The number of aliphatic hydroxyl groups is 1. The van der Waals surface area contributed by atoms with Crippen molar-refractivity contribution in [1.82, 2.24) is 65.8 Å². The van der Waals surface area contributed by atoms with Crippen LogP contribution in [0.1, 0.15) is 165 Å². The maximum Gasteiger partial charge on any atom is 0.248 e. The molecule has 3 aliphatic heterocycles. The molecule has 0 bridgehead atoms. The molecule has 0 radical (unpaired) electrons. The third-order valence-electron chi connectivity index (χ3n) is 20.7. The largest absolute Gasteiger partial charge is 0.391 e. The van der Waals surface area contributed by atoms with Gasteiger partial charge >= 0.3 is 0 Å². The lowest BCUT2D eigenvalue weighted by Crippen LogP contribution is -2.62. The summed E-state index contributed by atoms with van der Waals surface area (Å²) >= 11 is 0. The van der Waals surface area contributed by atoms with E-state index in [-0.39, 0.29) is 62.8 Å². The zero-order valence-electron chi connectivity index (χ0n) is 65.1. The monoisotopic (exact) mass is 1450 g/mol. The molecule has 3 aliphatic rings. The van der Waals surface area contributed by atoms with Crippen LogP contribution < -0.4 is 26.6 Å². The average Bonchev–Trinajstić information content (AvgIpc) is 1.76. The van der Waals surface area contributed by atoms with E-state index in [0.29, 0.717) is 49.9 Å². The van der Waals surface area contributed by atoms with Crippen molar-refractivity contribution in [3.8, 4) is 0 Å². The molecule has 2 aromatic carbocycles. The Kier molecular flexibility index (Phi) is 32.8. The van der Waals surface area contributed by atoms with Crippen molar-refractivity contribution in [3.05, 3.63) is 71.8 Å². The second-order valence-corrected chi connectivity index (χ2v) is 30.7.